The number of nitro benzene ring substituents is 2. The molecule has 0 aliphatic carbocycles. The van der Waals surface area contributed by atoms with Crippen LogP contribution in [0.2, 0.25) is 10.0 Å². The molecule has 31 nitrogen and oxygen atoms in total. The van der Waals surface area contributed by atoms with E-state index in [1.54, 1.807) is 145 Å². The Morgan fingerprint density at radius 2 is 0.807 bits per heavy atom. The minimum Gasteiger partial charge on any atom is -0.505 e. The number of phenolic OH excluding ortho intramolecular Hbond substituents is 1. The van der Waals surface area contributed by atoms with Crippen molar-refractivity contribution < 1.29 is 125 Å². The van der Waals surface area contributed by atoms with Crippen molar-refractivity contribution >= 4 is 223 Å². The van der Waals surface area contributed by atoms with Gasteiger partial charge in [-0.05, 0) is 174 Å². The summed E-state index contributed by atoms with van der Waals surface area (Å²) in [6.45, 7) is 1.08. The molecule has 0 fully saturated rings. The number of aliphatic carboxylic acids is 1. The number of nitrogens with zero attached hydrogens (tertiary/aromatic N) is 7. The van der Waals surface area contributed by atoms with Crippen molar-refractivity contribution in [1.29, 1.82) is 0 Å². The second kappa shape index (κ2) is 48.7. The van der Waals surface area contributed by atoms with E-state index in [1.807, 2.05) is 41.8 Å². The zero-order valence-corrected chi connectivity index (χ0v) is 79.0. The predicted molar refractivity (Wildman–Crippen MR) is 519 cm³/mol. The number of furan rings is 5. The van der Waals surface area contributed by atoms with Gasteiger partial charge in [-0.1, -0.05) is 53.5 Å². The molecule has 0 spiro atoms. The number of carboxylic acids is 1. The van der Waals surface area contributed by atoms with E-state index >= 15 is 0 Å². The number of amides is 1. The number of nitrogens with two attached hydrogens (primary N) is 1. The van der Waals surface area contributed by atoms with Crippen LogP contribution in [0, 0.1) is 43.5 Å². The number of halogens is 7. The molecule has 0 bridgehead atoms. The molecule has 708 valence electrons. The number of carboxylic acid groups (broad SMARTS) is 1. The molecule has 0 saturated heterocycles. The van der Waals surface area contributed by atoms with Gasteiger partial charge in [-0.25, -0.2) is 17.6 Å². The Kier molecular flexibility index (Phi) is 35.9. The average Bonchev–Trinajstić information content (AvgIpc) is 1.68. The zero-order valence-electron chi connectivity index (χ0n) is 70.7. The van der Waals surface area contributed by atoms with Gasteiger partial charge in [0.15, 0.2) is 80.2 Å². The number of nitrogen functional groups attached to an aromatic ring is 1. The Hall–Kier alpha value is -15.9. The van der Waals surface area contributed by atoms with Crippen molar-refractivity contribution in [2.24, 2.45) is 0 Å². The van der Waals surface area contributed by atoms with Crippen molar-refractivity contribution in [3.05, 3.63) is 400 Å². The normalized spacial score (nSPS) is 10.4. The van der Waals surface area contributed by atoms with Crippen LogP contribution in [0.25, 0.3) is 51.1 Å². The molecule has 0 unspecified atom stereocenters. The van der Waals surface area contributed by atoms with Gasteiger partial charge in [0, 0.05) is 109 Å². The molecule has 0 atom stereocenters. The van der Waals surface area contributed by atoms with Crippen molar-refractivity contribution in [3.63, 3.8) is 0 Å². The van der Waals surface area contributed by atoms with E-state index in [0.29, 0.717) is 89.9 Å². The number of aromatic nitrogens is 5. The second-order valence-corrected chi connectivity index (χ2v) is 34.2. The van der Waals surface area contributed by atoms with Crippen LogP contribution >= 0.6 is 104 Å². The van der Waals surface area contributed by atoms with E-state index in [-0.39, 0.29) is 115 Å². The maximum absolute atomic E-state index is 14.9. The van der Waals surface area contributed by atoms with Crippen molar-refractivity contribution in [2.45, 2.75) is 13.3 Å². The van der Waals surface area contributed by atoms with Crippen molar-refractivity contribution in [1.82, 2.24) is 30.2 Å². The third-order valence-corrected chi connectivity index (χ3v) is 24.7. The quantitative estimate of drug-likeness (QED) is 0.00691. The number of thiophene rings is 5. The fourth-order valence-electron chi connectivity index (χ4n) is 11.7. The number of rotatable bonds is 20. The summed E-state index contributed by atoms with van der Waals surface area (Å²) in [7, 11) is 0. The van der Waals surface area contributed by atoms with E-state index in [0.717, 1.165) is 73.5 Å². The molecule has 0 aliphatic heterocycles. The third kappa shape index (κ3) is 27.5. The van der Waals surface area contributed by atoms with Crippen LogP contribution in [0.3, 0.4) is 0 Å². The number of thiocarbonyl (C=S) groups is 1. The van der Waals surface area contributed by atoms with Gasteiger partial charge < -0.3 is 62.9 Å². The Morgan fingerprint density at radius 1 is 0.443 bits per heavy atom. The van der Waals surface area contributed by atoms with Gasteiger partial charge >= 0.3 is 0 Å². The minimum atomic E-state index is -0.987. The number of nitrogens with one attached hydrogen (secondary N) is 2. The molecule has 5 aromatic carbocycles. The van der Waals surface area contributed by atoms with Crippen molar-refractivity contribution in [3.8, 4) is 40.2 Å². The molecule has 20 rings (SSSR count). The van der Waals surface area contributed by atoms with E-state index < -0.39 is 50.1 Å². The number of aromatic hydroxyl groups is 1. The molecule has 20 aromatic rings. The maximum atomic E-state index is 14.9. The van der Waals surface area contributed by atoms with E-state index in [1.165, 1.54) is 120 Å². The Balaban J connectivity index is 0.000000153. The number of phenols is 1. The molecular weight excluding hydrogens is 2050 g/mol. The third-order valence-electron chi connectivity index (χ3n) is 17.9. The number of hydrogen-bond donors (Lipinski definition) is 5. The zero-order chi connectivity index (χ0) is 98.9. The second-order valence-electron chi connectivity index (χ2n) is 27.5. The van der Waals surface area contributed by atoms with Gasteiger partial charge in [0.1, 0.15) is 17.2 Å². The Morgan fingerprint density at radius 3 is 1.18 bits per heavy atom. The van der Waals surface area contributed by atoms with E-state index in [9.17, 15) is 66.6 Å². The number of anilines is 2. The molecule has 15 aromatic heterocycles. The Bertz CT molecular complexity index is 7850. The summed E-state index contributed by atoms with van der Waals surface area (Å²) in [4.78, 5) is 123. The van der Waals surface area contributed by atoms with E-state index in [4.69, 9.17) is 99.6 Å². The number of carbonyl (C=O) groups is 7. The average molecular weight is 2110 g/mol. The summed E-state index contributed by atoms with van der Waals surface area (Å²) in [6, 6.07) is 56.4. The Labute approximate surface area is 835 Å². The van der Waals surface area contributed by atoms with Gasteiger partial charge in [0.05, 0.1) is 140 Å². The van der Waals surface area contributed by atoms with E-state index in [2.05, 4.69) is 40.0 Å². The molecular formula is C95H59Cl3F4FeN10O21S6. The molecule has 15 heterocycles. The van der Waals surface area contributed by atoms with Gasteiger partial charge in [0.2, 0.25) is 29.0 Å². The summed E-state index contributed by atoms with van der Waals surface area (Å²) in [5.41, 5.74) is 9.67. The summed E-state index contributed by atoms with van der Waals surface area (Å²) < 4.78 is 101. The molecule has 1 amide bonds. The monoisotopic (exact) mass is 2100 g/mol. The van der Waals surface area contributed by atoms with Crippen LogP contribution in [0.4, 0.5) is 40.3 Å². The van der Waals surface area contributed by atoms with Crippen LogP contribution in [0.15, 0.2) is 314 Å². The first-order valence-corrected chi connectivity index (χ1v) is 45.1. The number of benzene rings is 5. The molecule has 0 aliphatic rings. The minimum absolute atomic E-state index is 0. The number of fused-ring (bicyclic) bond motifs is 5. The molecule has 140 heavy (non-hydrogen) atoms. The topological polar surface area (TPSA) is 454 Å². The van der Waals surface area contributed by atoms with Crippen LogP contribution in [0.1, 0.15) is 84.8 Å². The first kappa shape index (κ1) is 103. The number of carbonyl (C=O) groups excluding carboxylic acids is 6. The van der Waals surface area contributed by atoms with Gasteiger partial charge in [-0.15, -0.1) is 56.7 Å². The fourth-order valence-corrected chi connectivity index (χ4v) is 17.4. The maximum Gasteiger partial charge on any atom is 0.300 e. The summed E-state index contributed by atoms with van der Waals surface area (Å²) in [5.74, 6) is -3.61. The van der Waals surface area contributed by atoms with Crippen LogP contribution < -0.4 is 30.6 Å². The van der Waals surface area contributed by atoms with Crippen molar-refractivity contribution in [2.75, 3.05) is 11.1 Å². The number of hydrogen-bond acceptors (Lipinski definition) is 32. The number of nitro groups is 2. The smallest absolute Gasteiger partial charge is 0.300 e. The number of ether oxygens (including phenoxy) is 3. The summed E-state index contributed by atoms with van der Waals surface area (Å²) in [5, 5.41) is 45.0. The van der Waals surface area contributed by atoms with Gasteiger partial charge in [-0.3, -0.25) is 78.7 Å². The predicted octanol–water partition coefficient (Wildman–Crippen LogP) is 25.6. The van der Waals surface area contributed by atoms with Crippen LogP contribution in [0.5, 0.6) is 40.2 Å². The molecule has 45 heteroatoms. The molecule has 0 saturated carbocycles. The van der Waals surface area contributed by atoms with Crippen LogP contribution in [-0.2, 0) is 33.1 Å². The van der Waals surface area contributed by atoms with Crippen LogP contribution in [-0.4, -0.2) is 90.3 Å². The number of pyridine rings is 5. The first-order chi connectivity index (χ1) is 66.9. The first-order valence-electron chi connectivity index (χ1n) is 39.4. The molecule has 0 radical (unpaired) electrons. The SMILES string of the molecule is CC(=O)O.Clc1ccnc2ccsc12.Nc1ccc(Oc2ccnc3cc(C(=O)c4ccco4)sc23)c(F)c1.O=C(Cc1ccccc1)NC(=S)Nc1ccc(Oc2ccnc3cc(C(=O)c4ccco4)sc23)c(F)c1.O=C(Cl)c1ccco1.O=C(c1ccco1)c1cc2nccc(Cl)c2s1.O=C(c1ccco1)c1cc2nccc(Oc3ccc([N+](=O)[O-])cc3F)c2s1.O=[N+]([O-])c1ccc(O)c(F)c1.[Fe]. The largest absolute Gasteiger partial charge is 0.505 e. The standard InChI is InChI=1S/C27H18FN3O4S2.C18H9FN2O5S.C18H11FN2O3S.C12H6ClNO2S.C7H4ClNS.C6H4FNO3.C5H3ClO2.C2H4O2.Fe/c28-18-14-17(30-27(36)31-24(32)13-16-5-2-1-3-6-16)8-9-20(18)35-22-10-11-29-19-15-23(37-26(19)22)25(33)21-7-4-12-34-21;19-11-8-10(21(23)24)3-4-13(11)26-15-5-6-20-12-9-16(27-18(12)15)17(22)14-2-1-7-25-14;19-11-8-10(20)3-4-13(11)24-15-5-6-21-12-9-16(25-18(12)15)17(22)14-2-1-7-23-14;13-7-3-4-14-8-6-10(17-12(7)8)11(15)9-2-1-5-16-9;8-5-1-3-9-6-2-4-10-7(5)6;7-5-3-4(8(10)11)1-2-6(5)9;6-5(7)4-2-1-3-8-4;1-2(3)4;/h1-12,14-15H,13H2,(H2,30,31,32,36);1-9H;1-9H,20H2;1-6H;1-4H;1-3,9H;1-3H;1H3,(H,3,4);. The van der Waals surface area contributed by atoms with Gasteiger partial charge in [-0.2, -0.15) is 0 Å². The molecule has 6 N–H and O–H groups in total. The number of non-ortho nitro benzene ring substituents is 2. The van der Waals surface area contributed by atoms with Gasteiger partial charge in [0.25, 0.3) is 22.6 Å². The fraction of sp³-hybridized carbons (Fsp3) is 0.0211. The number of ketones is 4. The summed E-state index contributed by atoms with van der Waals surface area (Å²) >= 11 is 28.6. The summed E-state index contributed by atoms with van der Waals surface area (Å²) in [6.07, 6.45) is 15.2.